The van der Waals surface area contributed by atoms with Crippen molar-refractivity contribution < 1.29 is 4.79 Å². The van der Waals surface area contributed by atoms with Gasteiger partial charge < -0.3 is 5.32 Å². The van der Waals surface area contributed by atoms with Gasteiger partial charge >= 0.3 is 0 Å². The van der Waals surface area contributed by atoms with Gasteiger partial charge in [0.25, 0.3) is 5.56 Å². The molecule has 1 aromatic heterocycles. The summed E-state index contributed by atoms with van der Waals surface area (Å²) in [6, 6.07) is 9.44. The van der Waals surface area contributed by atoms with Crippen LogP contribution in [0.5, 0.6) is 0 Å². The van der Waals surface area contributed by atoms with Crippen LogP contribution in [0.3, 0.4) is 0 Å². The fraction of sp³-hybridized carbons (Fsp3) is 0.474. The second kappa shape index (κ2) is 7.99. The van der Waals surface area contributed by atoms with Crippen LogP contribution in [0.25, 0.3) is 5.69 Å². The second-order valence-corrected chi connectivity index (χ2v) is 6.17. The predicted octanol–water partition coefficient (Wildman–Crippen LogP) is 3.64. The van der Waals surface area contributed by atoms with E-state index >= 15 is 0 Å². The zero-order valence-electron chi connectivity index (χ0n) is 15.0. The van der Waals surface area contributed by atoms with Gasteiger partial charge in [-0.2, -0.15) is 0 Å². The smallest absolute Gasteiger partial charge is 0.295 e. The first-order chi connectivity index (χ1) is 11.5. The molecule has 0 radical (unpaired) electrons. The molecule has 1 amide bonds. The predicted molar refractivity (Wildman–Crippen MR) is 97.7 cm³/mol. The van der Waals surface area contributed by atoms with Gasteiger partial charge in [-0.1, -0.05) is 44.9 Å². The molecule has 0 saturated carbocycles. The lowest BCUT2D eigenvalue weighted by Gasteiger charge is -2.13. The average Bonchev–Trinajstić information content (AvgIpc) is 2.80. The van der Waals surface area contributed by atoms with Gasteiger partial charge in [-0.15, -0.1) is 0 Å². The summed E-state index contributed by atoms with van der Waals surface area (Å²) in [6.07, 6.45) is 3.73. The lowest BCUT2D eigenvalue weighted by Crippen LogP contribution is -2.27. The fourth-order valence-corrected chi connectivity index (χ4v) is 2.91. The van der Waals surface area contributed by atoms with Crippen LogP contribution >= 0.6 is 0 Å². The first-order valence-corrected chi connectivity index (χ1v) is 8.66. The van der Waals surface area contributed by atoms with Crippen LogP contribution in [0.1, 0.15) is 45.2 Å². The van der Waals surface area contributed by atoms with E-state index in [-0.39, 0.29) is 17.4 Å². The first-order valence-electron chi connectivity index (χ1n) is 8.66. The molecule has 1 N–H and O–H groups in total. The van der Waals surface area contributed by atoms with Crippen LogP contribution in [0.15, 0.2) is 35.1 Å². The standard InChI is InChI=1S/C19H27N3O2/c1-5-7-11-15(6-2)18(23)20-17-14(3)21(4)22(19(17)24)16-12-9-8-10-13-16/h8-10,12-13,15H,5-7,11H2,1-4H3,(H,20,23). The van der Waals surface area contributed by atoms with Crippen molar-refractivity contribution in [3.05, 3.63) is 46.4 Å². The number of nitrogens with zero attached hydrogens (tertiary/aromatic N) is 2. The molecule has 5 heteroatoms. The fourth-order valence-electron chi connectivity index (χ4n) is 2.91. The van der Waals surface area contributed by atoms with Gasteiger partial charge in [-0.3, -0.25) is 14.3 Å². The maximum absolute atomic E-state index is 12.8. The lowest BCUT2D eigenvalue weighted by molar-refractivity contribution is -0.120. The summed E-state index contributed by atoms with van der Waals surface area (Å²) in [5.41, 5.74) is 1.72. The van der Waals surface area contributed by atoms with Gasteiger partial charge in [-0.05, 0) is 31.9 Å². The first kappa shape index (κ1) is 18.0. The minimum atomic E-state index is -0.195. The van der Waals surface area contributed by atoms with E-state index in [0.29, 0.717) is 5.69 Å². The Morgan fingerprint density at radius 1 is 1.21 bits per heavy atom. The molecular formula is C19H27N3O2. The SMILES string of the molecule is CCCCC(CC)C(=O)Nc1c(C)n(C)n(-c2ccccc2)c1=O. The minimum Gasteiger partial charge on any atom is -0.320 e. The summed E-state index contributed by atoms with van der Waals surface area (Å²) >= 11 is 0. The van der Waals surface area contributed by atoms with E-state index in [2.05, 4.69) is 12.2 Å². The molecule has 1 aromatic carbocycles. The van der Waals surface area contributed by atoms with Crippen molar-refractivity contribution in [3.63, 3.8) is 0 Å². The average molecular weight is 329 g/mol. The summed E-state index contributed by atoms with van der Waals surface area (Å²) in [5.74, 6) is -0.105. The van der Waals surface area contributed by atoms with Crippen molar-refractivity contribution in [1.82, 2.24) is 9.36 Å². The molecular weight excluding hydrogens is 302 g/mol. The Morgan fingerprint density at radius 3 is 2.46 bits per heavy atom. The molecule has 5 nitrogen and oxygen atoms in total. The van der Waals surface area contributed by atoms with Gasteiger partial charge in [0.2, 0.25) is 5.91 Å². The van der Waals surface area contributed by atoms with E-state index in [1.165, 1.54) is 0 Å². The highest BCUT2D eigenvalue weighted by molar-refractivity contribution is 5.92. The number of aromatic nitrogens is 2. The van der Waals surface area contributed by atoms with Gasteiger partial charge in [-0.25, -0.2) is 4.68 Å². The highest BCUT2D eigenvalue weighted by atomic mass is 16.2. The second-order valence-electron chi connectivity index (χ2n) is 6.17. The molecule has 0 aliphatic carbocycles. The van der Waals surface area contributed by atoms with Crippen molar-refractivity contribution in [1.29, 1.82) is 0 Å². The van der Waals surface area contributed by atoms with Crippen LogP contribution in [-0.4, -0.2) is 15.3 Å². The number of nitrogens with one attached hydrogen (secondary N) is 1. The van der Waals surface area contributed by atoms with Crippen LogP contribution in [0, 0.1) is 12.8 Å². The lowest BCUT2D eigenvalue weighted by atomic mass is 9.98. The van der Waals surface area contributed by atoms with Crippen LogP contribution in [0.2, 0.25) is 0 Å². The Bertz CT molecular complexity index is 744. The summed E-state index contributed by atoms with van der Waals surface area (Å²) in [7, 11) is 1.83. The molecule has 2 aromatic rings. The molecule has 0 aliphatic rings. The zero-order chi connectivity index (χ0) is 17.7. The van der Waals surface area contributed by atoms with E-state index < -0.39 is 0 Å². The number of benzene rings is 1. The molecule has 0 fully saturated rings. The number of hydrogen-bond acceptors (Lipinski definition) is 2. The van der Waals surface area contributed by atoms with Crippen LogP contribution in [-0.2, 0) is 11.8 Å². The Kier molecular flexibility index (Phi) is 6.01. The van der Waals surface area contributed by atoms with E-state index in [1.54, 1.807) is 9.36 Å². The molecule has 1 atom stereocenters. The number of anilines is 1. The zero-order valence-corrected chi connectivity index (χ0v) is 15.0. The maximum atomic E-state index is 12.8. The molecule has 1 unspecified atom stereocenters. The van der Waals surface area contributed by atoms with Crippen molar-refractivity contribution in [3.8, 4) is 5.69 Å². The van der Waals surface area contributed by atoms with Crippen molar-refractivity contribution in [2.45, 2.75) is 46.5 Å². The number of unbranched alkanes of at least 4 members (excludes halogenated alkanes) is 1. The van der Waals surface area contributed by atoms with Gasteiger partial charge in [0.1, 0.15) is 5.69 Å². The number of para-hydroxylation sites is 1. The number of carbonyl (C=O) groups excluding carboxylic acids is 1. The summed E-state index contributed by atoms with van der Waals surface area (Å²) in [4.78, 5) is 25.3. The van der Waals surface area contributed by atoms with Crippen LogP contribution < -0.4 is 10.9 Å². The Hall–Kier alpha value is -2.30. The maximum Gasteiger partial charge on any atom is 0.295 e. The summed E-state index contributed by atoms with van der Waals surface area (Å²) in [5, 5.41) is 2.88. The summed E-state index contributed by atoms with van der Waals surface area (Å²) in [6.45, 7) is 5.98. The van der Waals surface area contributed by atoms with E-state index in [1.807, 2.05) is 51.2 Å². The van der Waals surface area contributed by atoms with E-state index in [9.17, 15) is 9.59 Å². The number of rotatable bonds is 7. The molecule has 24 heavy (non-hydrogen) atoms. The molecule has 0 spiro atoms. The van der Waals surface area contributed by atoms with Crippen molar-refractivity contribution >= 4 is 11.6 Å². The van der Waals surface area contributed by atoms with E-state index in [4.69, 9.17) is 0 Å². The number of amides is 1. The third-order valence-corrected chi connectivity index (χ3v) is 4.57. The normalized spacial score (nSPS) is 12.2. The Morgan fingerprint density at radius 2 is 1.88 bits per heavy atom. The Balaban J connectivity index is 2.32. The monoisotopic (exact) mass is 329 g/mol. The third-order valence-electron chi connectivity index (χ3n) is 4.57. The Labute approximate surface area is 143 Å². The van der Waals surface area contributed by atoms with Gasteiger partial charge in [0.15, 0.2) is 0 Å². The molecule has 0 saturated heterocycles. The quantitative estimate of drug-likeness (QED) is 0.843. The molecule has 2 rings (SSSR count). The van der Waals surface area contributed by atoms with Crippen LogP contribution in [0.4, 0.5) is 5.69 Å². The molecule has 1 heterocycles. The number of carbonyl (C=O) groups is 1. The molecule has 0 bridgehead atoms. The summed E-state index contributed by atoms with van der Waals surface area (Å²) < 4.78 is 3.36. The van der Waals surface area contributed by atoms with Crippen molar-refractivity contribution in [2.24, 2.45) is 13.0 Å². The van der Waals surface area contributed by atoms with E-state index in [0.717, 1.165) is 37.1 Å². The third kappa shape index (κ3) is 3.61. The van der Waals surface area contributed by atoms with Gasteiger partial charge in [0.05, 0.1) is 11.4 Å². The topological polar surface area (TPSA) is 56.0 Å². The van der Waals surface area contributed by atoms with Gasteiger partial charge in [0, 0.05) is 13.0 Å². The number of hydrogen-bond donors (Lipinski definition) is 1. The van der Waals surface area contributed by atoms with Crippen molar-refractivity contribution in [2.75, 3.05) is 5.32 Å². The largest absolute Gasteiger partial charge is 0.320 e. The minimum absolute atomic E-state index is 0.0471. The molecule has 130 valence electrons. The highest BCUT2D eigenvalue weighted by Crippen LogP contribution is 2.18. The highest BCUT2D eigenvalue weighted by Gasteiger charge is 2.21. The molecule has 0 aliphatic heterocycles.